The molecule has 4 amide bonds. The number of nitrogens with zero attached hydrogens (tertiary/aromatic N) is 6. The number of piperidine rings is 2. The van der Waals surface area contributed by atoms with Crippen LogP contribution in [0.3, 0.4) is 0 Å². The lowest BCUT2D eigenvalue weighted by Crippen LogP contribution is -2.54. The van der Waals surface area contributed by atoms with E-state index in [0.29, 0.717) is 47.7 Å². The molecule has 0 bridgehead atoms. The van der Waals surface area contributed by atoms with Gasteiger partial charge in [-0.05, 0) is 66.9 Å². The standard InChI is InChI=1S/C36H31FN8O5/c37-26-18-43(17-20-6-11-24-25(16-20)36(49)44(35(24)48)28-12-13-29(46)41-34(28)47)15-14-27(26)45-33-30(32(38)39-19-40-33)31(42-45)21-7-9-23(10-8-21)50-22-4-2-1-3-5-22/h1-11,16,19,26-28H,12-15,17-18H2,(H2,38,39,40)(H,41,46,47). The molecule has 3 aromatic carbocycles. The van der Waals surface area contributed by atoms with Gasteiger partial charge in [0.25, 0.3) is 11.8 Å². The van der Waals surface area contributed by atoms with Crippen LogP contribution in [0.25, 0.3) is 22.3 Å². The largest absolute Gasteiger partial charge is 0.457 e. The number of benzene rings is 3. The van der Waals surface area contributed by atoms with Gasteiger partial charge in [-0.25, -0.2) is 19.0 Å². The van der Waals surface area contributed by atoms with E-state index in [1.807, 2.05) is 59.5 Å². The van der Waals surface area contributed by atoms with Crippen molar-refractivity contribution in [2.75, 3.05) is 18.8 Å². The maximum Gasteiger partial charge on any atom is 0.262 e. The number of alkyl halides is 1. The number of nitrogens with one attached hydrogen (secondary N) is 1. The maximum absolute atomic E-state index is 16.1. The molecule has 5 aromatic rings. The molecule has 13 nitrogen and oxygen atoms in total. The van der Waals surface area contributed by atoms with Gasteiger partial charge in [-0.2, -0.15) is 5.10 Å². The summed E-state index contributed by atoms with van der Waals surface area (Å²) in [4.78, 5) is 61.9. The highest BCUT2D eigenvalue weighted by atomic mass is 19.1. The number of nitrogens with two attached hydrogens (primary N) is 1. The molecule has 0 radical (unpaired) electrons. The van der Waals surface area contributed by atoms with Crippen molar-refractivity contribution >= 4 is 40.5 Å². The Hall–Kier alpha value is -6.02. The summed E-state index contributed by atoms with van der Waals surface area (Å²) in [7, 11) is 0. The van der Waals surface area contributed by atoms with Gasteiger partial charge in [0.15, 0.2) is 5.65 Å². The summed E-state index contributed by atoms with van der Waals surface area (Å²) in [6, 6.07) is 20.1. The van der Waals surface area contributed by atoms with Crippen molar-refractivity contribution in [2.24, 2.45) is 0 Å². The Labute approximate surface area is 284 Å². The lowest BCUT2D eigenvalue weighted by atomic mass is 10.0. The quantitative estimate of drug-likeness (QED) is 0.241. The number of para-hydroxylation sites is 1. The van der Waals surface area contributed by atoms with Gasteiger partial charge in [-0.1, -0.05) is 24.3 Å². The predicted octanol–water partition coefficient (Wildman–Crippen LogP) is 4.05. The summed E-state index contributed by atoms with van der Waals surface area (Å²) >= 11 is 0. The van der Waals surface area contributed by atoms with Crippen LogP contribution in [0.1, 0.15) is 51.6 Å². The average Bonchev–Trinajstić information content (AvgIpc) is 3.61. The molecule has 50 heavy (non-hydrogen) atoms. The molecule has 3 unspecified atom stereocenters. The number of carbonyl (C=O) groups is 4. The first-order valence-corrected chi connectivity index (χ1v) is 16.3. The van der Waals surface area contributed by atoms with Gasteiger partial charge in [0, 0.05) is 31.6 Å². The summed E-state index contributed by atoms with van der Waals surface area (Å²) in [5.74, 6) is -0.635. The van der Waals surface area contributed by atoms with Crippen LogP contribution in [-0.2, 0) is 16.1 Å². The van der Waals surface area contributed by atoms with Crippen LogP contribution < -0.4 is 15.8 Å². The SMILES string of the molecule is Nc1ncnc2c1c(-c1ccc(Oc3ccccc3)cc1)nn2C1CCN(Cc2ccc3c(c2)C(=O)N(C2CCC(=O)NC2=O)C3=O)CC1F. The van der Waals surface area contributed by atoms with Crippen LogP contribution >= 0.6 is 0 Å². The number of ether oxygens (including phenoxy) is 1. The van der Waals surface area contributed by atoms with Crippen molar-refractivity contribution in [3.63, 3.8) is 0 Å². The fourth-order valence-electron chi connectivity index (χ4n) is 6.98. The second-order valence-electron chi connectivity index (χ2n) is 12.6. The van der Waals surface area contributed by atoms with Crippen molar-refractivity contribution in [1.29, 1.82) is 0 Å². The van der Waals surface area contributed by atoms with Crippen LogP contribution in [0.5, 0.6) is 11.5 Å². The minimum atomic E-state index is -1.31. The summed E-state index contributed by atoms with van der Waals surface area (Å²) in [5, 5.41) is 7.59. The molecule has 0 aliphatic carbocycles. The van der Waals surface area contributed by atoms with Crippen molar-refractivity contribution in [2.45, 2.75) is 44.1 Å². The van der Waals surface area contributed by atoms with Gasteiger partial charge in [0.05, 0.1) is 22.6 Å². The first-order valence-electron chi connectivity index (χ1n) is 16.3. The number of nitrogen functional groups attached to an aromatic ring is 1. The summed E-state index contributed by atoms with van der Waals surface area (Å²) in [6.45, 7) is 0.970. The summed E-state index contributed by atoms with van der Waals surface area (Å²) < 4.78 is 23.6. The smallest absolute Gasteiger partial charge is 0.262 e. The van der Waals surface area contributed by atoms with E-state index in [-0.39, 0.29) is 36.3 Å². The average molecular weight is 675 g/mol. The highest BCUT2D eigenvalue weighted by Gasteiger charge is 2.44. The number of amides is 4. The van der Waals surface area contributed by atoms with E-state index < -0.39 is 41.9 Å². The highest BCUT2D eigenvalue weighted by molar-refractivity contribution is 6.23. The van der Waals surface area contributed by atoms with Crippen LogP contribution in [0.4, 0.5) is 10.2 Å². The predicted molar refractivity (Wildman–Crippen MR) is 179 cm³/mol. The third-order valence-electron chi connectivity index (χ3n) is 9.44. The molecule has 3 aliphatic heterocycles. The van der Waals surface area contributed by atoms with Gasteiger partial charge in [-0.15, -0.1) is 0 Å². The molecular formula is C36H31FN8O5. The van der Waals surface area contributed by atoms with Gasteiger partial charge in [-0.3, -0.25) is 34.3 Å². The highest BCUT2D eigenvalue weighted by Crippen LogP contribution is 2.36. The third kappa shape index (κ3) is 5.52. The van der Waals surface area contributed by atoms with Gasteiger partial charge in [0.2, 0.25) is 11.8 Å². The van der Waals surface area contributed by atoms with Gasteiger partial charge < -0.3 is 10.5 Å². The number of carbonyl (C=O) groups excluding carboxylic acids is 4. The topological polar surface area (TPSA) is 166 Å². The molecule has 14 heteroatoms. The number of likely N-dealkylation sites (tertiary alicyclic amines) is 1. The Balaban J connectivity index is 0.985. The van der Waals surface area contributed by atoms with E-state index in [2.05, 4.69) is 15.3 Å². The molecule has 0 saturated carbocycles. The van der Waals surface area contributed by atoms with Gasteiger partial charge >= 0.3 is 0 Å². The normalized spacial score (nSPS) is 21.1. The third-order valence-corrected chi connectivity index (χ3v) is 9.44. The first kappa shape index (κ1) is 31.3. The van der Waals surface area contributed by atoms with Crippen molar-refractivity contribution < 1.29 is 28.3 Å². The van der Waals surface area contributed by atoms with Crippen LogP contribution in [-0.4, -0.2) is 78.5 Å². The second-order valence-corrected chi connectivity index (χ2v) is 12.6. The van der Waals surface area contributed by atoms with Gasteiger partial charge in [0.1, 0.15) is 41.6 Å². The van der Waals surface area contributed by atoms with E-state index >= 15 is 4.39 Å². The zero-order chi connectivity index (χ0) is 34.5. The number of rotatable bonds is 7. The molecule has 2 saturated heterocycles. The minimum absolute atomic E-state index is 0.0447. The number of hydrogen-bond donors (Lipinski definition) is 2. The minimum Gasteiger partial charge on any atom is -0.457 e. The van der Waals surface area contributed by atoms with E-state index in [9.17, 15) is 19.2 Å². The number of imide groups is 2. The lowest BCUT2D eigenvalue weighted by molar-refractivity contribution is -0.136. The molecular weight excluding hydrogens is 643 g/mol. The molecule has 0 spiro atoms. The second kappa shape index (κ2) is 12.5. The molecule has 3 aliphatic rings. The Kier molecular flexibility index (Phi) is 7.79. The van der Waals surface area contributed by atoms with E-state index in [1.54, 1.807) is 22.9 Å². The zero-order valence-corrected chi connectivity index (χ0v) is 26.7. The molecule has 5 heterocycles. The molecule has 8 rings (SSSR count). The number of aromatic nitrogens is 4. The fourth-order valence-corrected chi connectivity index (χ4v) is 6.98. The summed E-state index contributed by atoms with van der Waals surface area (Å²) in [6.07, 6.45) is 0.593. The molecule has 252 valence electrons. The Bertz CT molecular complexity index is 2170. The van der Waals surface area contributed by atoms with Crippen molar-refractivity contribution in [3.8, 4) is 22.8 Å². The van der Waals surface area contributed by atoms with Crippen LogP contribution in [0, 0.1) is 0 Å². The monoisotopic (exact) mass is 674 g/mol. The Morgan fingerprint density at radius 2 is 1.66 bits per heavy atom. The molecule has 2 aromatic heterocycles. The van der Waals surface area contributed by atoms with Crippen LogP contribution in [0.2, 0.25) is 0 Å². The van der Waals surface area contributed by atoms with Crippen molar-refractivity contribution in [3.05, 3.63) is 95.8 Å². The maximum atomic E-state index is 16.1. The summed E-state index contributed by atoms with van der Waals surface area (Å²) in [5.41, 5.74) is 9.18. The zero-order valence-electron chi connectivity index (χ0n) is 26.7. The molecule has 3 N–H and O–H groups in total. The first-order chi connectivity index (χ1) is 24.2. The fraction of sp³-hybridized carbons (Fsp3) is 0.250. The lowest BCUT2D eigenvalue weighted by Gasteiger charge is -2.34. The van der Waals surface area contributed by atoms with E-state index in [1.165, 1.54) is 6.33 Å². The number of anilines is 1. The van der Waals surface area contributed by atoms with E-state index in [4.69, 9.17) is 15.6 Å². The molecule has 2 fully saturated rings. The number of fused-ring (bicyclic) bond motifs is 2. The Morgan fingerprint density at radius 1 is 0.900 bits per heavy atom. The Morgan fingerprint density at radius 3 is 2.42 bits per heavy atom. The van der Waals surface area contributed by atoms with Crippen LogP contribution in [0.15, 0.2) is 79.1 Å². The molecule has 3 atom stereocenters. The number of hydrogen-bond acceptors (Lipinski definition) is 10. The number of halogens is 1. The van der Waals surface area contributed by atoms with Crippen molar-refractivity contribution in [1.82, 2.24) is 34.9 Å². The van der Waals surface area contributed by atoms with E-state index in [0.717, 1.165) is 16.0 Å².